The third kappa shape index (κ3) is 4.97. The van der Waals surface area contributed by atoms with E-state index in [1.807, 2.05) is 30.3 Å². The number of carbonyl (C=O) groups is 1. The Morgan fingerprint density at radius 3 is 2.32 bits per heavy atom. The van der Waals surface area contributed by atoms with Gasteiger partial charge < -0.3 is 54.3 Å². The molecule has 0 aliphatic carbocycles. The van der Waals surface area contributed by atoms with E-state index >= 15 is 0 Å². The van der Waals surface area contributed by atoms with Gasteiger partial charge in [-0.2, -0.15) is 0 Å². The molecule has 0 aromatic heterocycles. The zero-order valence-electron chi connectivity index (χ0n) is 20.4. The van der Waals surface area contributed by atoms with E-state index in [9.17, 15) is 35.4 Å². The minimum Gasteiger partial charge on any atom is -0.507 e. The molecule has 9 atom stereocenters. The quantitative estimate of drug-likeness (QED) is 0.294. The van der Waals surface area contributed by atoms with Crippen molar-refractivity contribution in [3.8, 4) is 17.2 Å². The molecule has 0 bridgehead atoms. The van der Waals surface area contributed by atoms with Gasteiger partial charge in [0, 0.05) is 11.6 Å². The molecule has 6 N–H and O–H groups in total. The van der Waals surface area contributed by atoms with Crippen LogP contribution in [-0.2, 0) is 14.2 Å². The Kier molecular flexibility index (Phi) is 7.58. The summed E-state index contributed by atoms with van der Waals surface area (Å²) < 4.78 is 28.1. The maximum absolute atomic E-state index is 12.9. The molecule has 0 saturated carbocycles. The second-order valence-electron chi connectivity index (χ2n) is 9.59. The largest absolute Gasteiger partial charge is 0.507 e. The molecule has 3 aliphatic rings. The van der Waals surface area contributed by atoms with Gasteiger partial charge in [0.15, 0.2) is 12.1 Å². The first-order valence-corrected chi connectivity index (χ1v) is 12.2. The van der Waals surface area contributed by atoms with Gasteiger partial charge >= 0.3 is 0 Å². The van der Waals surface area contributed by atoms with E-state index in [4.69, 9.17) is 23.7 Å². The average Bonchev–Trinajstić information content (AvgIpc) is 2.91. The van der Waals surface area contributed by atoms with Crippen LogP contribution in [0.4, 0.5) is 0 Å². The predicted octanol–water partition coefficient (Wildman–Crippen LogP) is -0.312. The summed E-state index contributed by atoms with van der Waals surface area (Å²) in [6, 6.07) is 10.6. The van der Waals surface area contributed by atoms with E-state index in [1.165, 1.54) is 13.0 Å². The number of ketones is 1. The van der Waals surface area contributed by atoms with Gasteiger partial charge in [-0.05, 0) is 12.5 Å². The van der Waals surface area contributed by atoms with Crippen LogP contribution in [0.15, 0.2) is 36.4 Å². The van der Waals surface area contributed by atoms with Crippen molar-refractivity contribution in [2.75, 3.05) is 13.2 Å². The lowest BCUT2D eigenvalue weighted by atomic mass is 9.94. The van der Waals surface area contributed by atoms with E-state index in [0.717, 1.165) is 5.56 Å². The minimum absolute atomic E-state index is 0.0351. The molecule has 206 valence electrons. The van der Waals surface area contributed by atoms with Crippen molar-refractivity contribution >= 4 is 5.78 Å². The number of carbonyl (C=O) groups excluding carboxylic acids is 1. The Morgan fingerprint density at radius 1 is 0.895 bits per heavy atom. The SMILES string of the molecule is Cc1c(O[C@@H]2OC[C@@H](O)[C@H](O[C@@H]3OC[C@@H](O)[C@H](O)[C@H]3O)[C@H]2O)cc2c(c1O)C(=O)C[C@@H](c1ccccc1)O2. The molecule has 0 amide bonds. The molecule has 3 aliphatic heterocycles. The fraction of sp³-hybridized carbons (Fsp3) is 0.500. The number of rotatable bonds is 5. The number of hydrogen-bond acceptors (Lipinski definition) is 12. The van der Waals surface area contributed by atoms with Crippen LogP contribution >= 0.6 is 0 Å². The van der Waals surface area contributed by atoms with Crippen LogP contribution in [0.2, 0.25) is 0 Å². The van der Waals surface area contributed by atoms with Gasteiger partial charge in [0.05, 0.1) is 19.6 Å². The summed E-state index contributed by atoms with van der Waals surface area (Å²) in [5.74, 6) is -0.443. The van der Waals surface area contributed by atoms with Crippen molar-refractivity contribution in [1.82, 2.24) is 0 Å². The summed E-state index contributed by atoms with van der Waals surface area (Å²) in [7, 11) is 0. The van der Waals surface area contributed by atoms with Crippen LogP contribution in [0.25, 0.3) is 0 Å². The first-order chi connectivity index (χ1) is 18.2. The highest BCUT2D eigenvalue weighted by molar-refractivity contribution is 6.03. The normalized spacial score (nSPS) is 35.3. The summed E-state index contributed by atoms with van der Waals surface area (Å²) in [5.41, 5.74) is 1.04. The number of hydrogen-bond donors (Lipinski definition) is 6. The summed E-state index contributed by atoms with van der Waals surface area (Å²) >= 11 is 0. The molecular formula is C26H30O12. The van der Waals surface area contributed by atoms with Crippen molar-refractivity contribution in [3.05, 3.63) is 53.1 Å². The molecule has 2 saturated heterocycles. The summed E-state index contributed by atoms with van der Waals surface area (Å²) in [5, 5.41) is 61.7. The molecule has 0 radical (unpaired) electrons. The maximum Gasteiger partial charge on any atom is 0.228 e. The van der Waals surface area contributed by atoms with Gasteiger partial charge in [0.25, 0.3) is 0 Å². The molecule has 0 spiro atoms. The van der Waals surface area contributed by atoms with Crippen molar-refractivity contribution in [3.63, 3.8) is 0 Å². The van der Waals surface area contributed by atoms with Gasteiger partial charge in [-0.1, -0.05) is 30.3 Å². The number of phenolic OH excluding ortho intramolecular Hbond substituents is 1. The fourth-order valence-electron chi connectivity index (χ4n) is 4.75. The molecular weight excluding hydrogens is 504 g/mol. The third-order valence-corrected chi connectivity index (χ3v) is 6.97. The van der Waals surface area contributed by atoms with Crippen molar-refractivity contribution in [1.29, 1.82) is 0 Å². The monoisotopic (exact) mass is 534 g/mol. The van der Waals surface area contributed by atoms with Gasteiger partial charge in [-0.25, -0.2) is 0 Å². The summed E-state index contributed by atoms with van der Waals surface area (Å²) in [4.78, 5) is 12.9. The second kappa shape index (κ2) is 10.8. The van der Waals surface area contributed by atoms with E-state index in [1.54, 1.807) is 0 Å². The summed E-state index contributed by atoms with van der Waals surface area (Å²) in [6.07, 6.45) is -12.1. The number of fused-ring (bicyclic) bond motifs is 1. The average molecular weight is 535 g/mol. The van der Waals surface area contributed by atoms with E-state index < -0.39 is 55.3 Å². The number of aromatic hydroxyl groups is 1. The van der Waals surface area contributed by atoms with Crippen molar-refractivity contribution in [2.24, 2.45) is 0 Å². The molecule has 12 heteroatoms. The molecule has 0 unspecified atom stereocenters. The lowest BCUT2D eigenvalue weighted by Crippen LogP contribution is -2.60. The number of Topliss-reactive ketones (excluding diaryl/α,β-unsaturated/α-hetero) is 1. The molecule has 2 aromatic carbocycles. The Labute approximate surface area is 217 Å². The Balaban J connectivity index is 1.35. The van der Waals surface area contributed by atoms with Crippen molar-refractivity contribution < 1.29 is 59.1 Å². The van der Waals surface area contributed by atoms with Gasteiger partial charge in [-0.15, -0.1) is 0 Å². The molecule has 12 nitrogen and oxygen atoms in total. The maximum atomic E-state index is 12.9. The molecule has 5 rings (SSSR count). The molecule has 3 heterocycles. The smallest absolute Gasteiger partial charge is 0.228 e. The lowest BCUT2D eigenvalue weighted by molar-refractivity contribution is -0.326. The predicted molar refractivity (Wildman–Crippen MR) is 127 cm³/mol. The second-order valence-corrected chi connectivity index (χ2v) is 9.59. The van der Waals surface area contributed by atoms with Gasteiger partial charge in [-0.3, -0.25) is 4.79 Å². The molecule has 2 fully saturated rings. The highest BCUT2D eigenvalue weighted by Crippen LogP contribution is 2.45. The zero-order valence-corrected chi connectivity index (χ0v) is 20.4. The number of ether oxygens (including phenoxy) is 5. The number of phenols is 1. The first kappa shape index (κ1) is 26.8. The van der Waals surface area contributed by atoms with Gasteiger partial charge in [0.1, 0.15) is 65.5 Å². The highest BCUT2D eigenvalue weighted by Gasteiger charge is 2.46. The third-order valence-electron chi connectivity index (χ3n) is 6.97. The Hall–Kier alpha value is -2.81. The Morgan fingerprint density at radius 2 is 1.58 bits per heavy atom. The minimum atomic E-state index is -1.63. The lowest BCUT2D eigenvalue weighted by Gasteiger charge is -2.42. The number of aliphatic hydroxyl groups excluding tert-OH is 5. The van der Waals surface area contributed by atoms with Crippen LogP contribution in [0.1, 0.15) is 34.0 Å². The van der Waals surface area contributed by atoms with Crippen LogP contribution in [0, 0.1) is 6.92 Å². The Bertz CT molecular complexity index is 1160. The number of aliphatic hydroxyl groups is 5. The molecule has 2 aromatic rings. The van der Waals surface area contributed by atoms with Gasteiger partial charge in [0.2, 0.25) is 6.29 Å². The van der Waals surface area contributed by atoms with Crippen LogP contribution in [-0.4, -0.2) is 98.8 Å². The fourth-order valence-corrected chi connectivity index (χ4v) is 4.75. The standard InChI is InChI=1S/C26H30O12/c1-11-16(8-18-19(20(11)30)13(27)7-17(36-18)12-5-3-2-4-6-12)37-26-23(33)24(15(29)10-35-26)38-25-22(32)21(31)14(28)9-34-25/h2-6,8,14-15,17,21-26,28-33H,7,9-10H2,1H3/t14-,15-,17+,21+,22-,23-,24+,25+,26+/m1/s1. The van der Waals surface area contributed by atoms with E-state index in [0.29, 0.717) is 0 Å². The summed E-state index contributed by atoms with van der Waals surface area (Å²) in [6.45, 7) is 0.883. The molecule has 38 heavy (non-hydrogen) atoms. The zero-order chi connectivity index (χ0) is 27.1. The first-order valence-electron chi connectivity index (χ1n) is 12.2. The van der Waals surface area contributed by atoms with Crippen LogP contribution in [0.5, 0.6) is 17.2 Å². The van der Waals surface area contributed by atoms with E-state index in [-0.39, 0.29) is 53.8 Å². The topological polar surface area (TPSA) is 185 Å². The van der Waals surface area contributed by atoms with Crippen LogP contribution < -0.4 is 9.47 Å². The van der Waals surface area contributed by atoms with Crippen LogP contribution in [0.3, 0.4) is 0 Å². The van der Waals surface area contributed by atoms with E-state index in [2.05, 4.69) is 0 Å². The van der Waals surface area contributed by atoms with Crippen molar-refractivity contribution in [2.45, 2.75) is 68.7 Å². The highest BCUT2D eigenvalue weighted by atomic mass is 16.7. The number of benzene rings is 2.